The number of benzene rings is 2. The van der Waals surface area contributed by atoms with Crippen molar-refractivity contribution in [1.29, 1.82) is 0 Å². The van der Waals surface area contributed by atoms with E-state index in [9.17, 15) is 4.79 Å². The average Bonchev–Trinajstić information content (AvgIpc) is 2.94. The number of anilines is 1. The van der Waals surface area contributed by atoms with E-state index >= 15 is 0 Å². The minimum absolute atomic E-state index is 0.0542. The van der Waals surface area contributed by atoms with Crippen molar-refractivity contribution in [3.05, 3.63) is 54.1 Å². The molecular formula is C16H15N3O2S. The molecule has 0 aliphatic rings. The molecule has 2 N–H and O–H groups in total. The van der Waals surface area contributed by atoms with Crippen LogP contribution in [0, 0.1) is 6.92 Å². The van der Waals surface area contributed by atoms with Crippen LogP contribution in [-0.4, -0.2) is 17.5 Å². The Kier molecular flexibility index (Phi) is 4.20. The first-order chi connectivity index (χ1) is 10.7. The summed E-state index contributed by atoms with van der Waals surface area (Å²) in [5, 5.41) is 0.644. The highest BCUT2D eigenvalue weighted by Crippen LogP contribution is 2.24. The first kappa shape index (κ1) is 14.3. The smallest absolute Gasteiger partial charge is 0.276 e. The predicted molar refractivity (Wildman–Crippen MR) is 88.1 cm³/mol. The Balaban J connectivity index is 1.51. The number of carbonyl (C=O) groups is 1. The van der Waals surface area contributed by atoms with Gasteiger partial charge >= 0.3 is 0 Å². The van der Waals surface area contributed by atoms with Crippen molar-refractivity contribution >= 4 is 32.6 Å². The lowest BCUT2D eigenvalue weighted by atomic mass is 10.2. The van der Waals surface area contributed by atoms with Gasteiger partial charge in [0.2, 0.25) is 5.13 Å². The number of carbonyl (C=O) groups excluding carboxylic acids is 1. The summed E-state index contributed by atoms with van der Waals surface area (Å²) in [7, 11) is 0. The molecule has 1 amide bonds. The van der Waals surface area contributed by atoms with Gasteiger partial charge in [-0.2, -0.15) is 0 Å². The SMILES string of the molecule is Cc1cccc(OCC(=O)NNc2nc3ccccc3s2)c1. The molecule has 112 valence electrons. The Labute approximate surface area is 131 Å². The topological polar surface area (TPSA) is 63.2 Å². The molecule has 3 aromatic rings. The van der Waals surface area contributed by atoms with Gasteiger partial charge < -0.3 is 4.74 Å². The summed E-state index contributed by atoms with van der Waals surface area (Å²) in [4.78, 5) is 16.1. The Morgan fingerprint density at radius 3 is 2.91 bits per heavy atom. The van der Waals surface area contributed by atoms with E-state index in [1.807, 2.05) is 55.5 Å². The summed E-state index contributed by atoms with van der Waals surface area (Å²) < 4.78 is 6.49. The van der Waals surface area contributed by atoms with Gasteiger partial charge in [-0.15, -0.1) is 0 Å². The standard InChI is InChI=1S/C16H15N3O2S/c1-11-5-4-6-12(9-11)21-10-15(20)18-19-16-17-13-7-2-3-8-14(13)22-16/h2-9H,10H2,1H3,(H,17,19)(H,18,20). The number of ether oxygens (including phenoxy) is 1. The summed E-state index contributed by atoms with van der Waals surface area (Å²) in [6.07, 6.45) is 0. The molecule has 3 rings (SSSR count). The number of nitrogens with zero attached hydrogens (tertiary/aromatic N) is 1. The molecule has 22 heavy (non-hydrogen) atoms. The van der Waals surface area contributed by atoms with Gasteiger partial charge in [-0.1, -0.05) is 35.6 Å². The lowest BCUT2D eigenvalue weighted by Gasteiger charge is -2.08. The number of hydrogen-bond acceptors (Lipinski definition) is 5. The fraction of sp³-hybridized carbons (Fsp3) is 0.125. The zero-order valence-electron chi connectivity index (χ0n) is 12.0. The monoisotopic (exact) mass is 313 g/mol. The van der Waals surface area contributed by atoms with E-state index in [4.69, 9.17) is 4.74 Å². The highest BCUT2D eigenvalue weighted by atomic mass is 32.1. The highest BCUT2D eigenvalue weighted by molar-refractivity contribution is 7.22. The molecule has 0 unspecified atom stereocenters. The molecule has 2 aromatic carbocycles. The van der Waals surface area contributed by atoms with Gasteiger partial charge in [-0.3, -0.25) is 15.6 Å². The highest BCUT2D eigenvalue weighted by Gasteiger charge is 2.05. The summed E-state index contributed by atoms with van der Waals surface area (Å²) in [5.74, 6) is 0.413. The maximum Gasteiger partial charge on any atom is 0.276 e. The Bertz CT molecular complexity index is 768. The molecule has 0 atom stereocenters. The molecule has 0 saturated heterocycles. The minimum Gasteiger partial charge on any atom is -0.484 e. The van der Waals surface area contributed by atoms with Crippen molar-refractivity contribution in [3.8, 4) is 5.75 Å². The van der Waals surface area contributed by atoms with Crippen molar-refractivity contribution in [2.24, 2.45) is 0 Å². The lowest BCUT2D eigenvalue weighted by molar-refractivity contribution is -0.122. The van der Waals surface area contributed by atoms with Gasteiger partial charge in [0.05, 0.1) is 10.2 Å². The van der Waals surface area contributed by atoms with E-state index < -0.39 is 0 Å². The molecule has 6 heteroatoms. The van der Waals surface area contributed by atoms with E-state index in [-0.39, 0.29) is 12.5 Å². The van der Waals surface area contributed by atoms with Crippen LogP contribution in [0.4, 0.5) is 5.13 Å². The average molecular weight is 313 g/mol. The molecule has 0 radical (unpaired) electrons. The van der Waals surface area contributed by atoms with Crippen LogP contribution >= 0.6 is 11.3 Å². The van der Waals surface area contributed by atoms with Gasteiger partial charge in [-0.05, 0) is 36.8 Å². The summed E-state index contributed by atoms with van der Waals surface area (Å²) in [6.45, 7) is 1.92. The Morgan fingerprint density at radius 1 is 1.23 bits per heavy atom. The maximum atomic E-state index is 11.8. The van der Waals surface area contributed by atoms with E-state index in [0.717, 1.165) is 15.8 Å². The second-order valence-electron chi connectivity index (χ2n) is 4.77. The maximum absolute atomic E-state index is 11.8. The van der Waals surface area contributed by atoms with Crippen LogP contribution in [0.5, 0.6) is 5.75 Å². The zero-order chi connectivity index (χ0) is 15.4. The van der Waals surface area contributed by atoms with Crippen molar-refractivity contribution in [2.75, 3.05) is 12.0 Å². The molecule has 1 heterocycles. The van der Waals surface area contributed by atoms with Gasteiger partial charge in [0.1, 0.15) is 5.75 Å². The van der Waals surface area contributed by atoms with E-state index in [0.29, 0.717) is 10.9 Å². The minimum atomic E-state index is -0.263. The summed E-state index contributed by atoms with van der Waals surface area (Å²) in [5.41, 5.74) is 7.38. The molecule has 0 aliphatic carbocycles. The number of thiazole rings is 1. The molecule has 0 bridgehead atoms. The number of aryl methyl sites for hydroxylation is 1. The second-order valence-corrected chi connectivity index (χ2v) is 5.80. The molecule has 0 fully saturated rings. The number of aromatic nitrogens is 1. The first-order valence-electron chi connectivity index (χ1n) is 6.80. The number of fused-ring (bicyclic) bond motifs is 1. The Hall–Kier alpha value is -2.60. The van der Waals surface area contributed by atoms with Crippen LogP contribution in [0.25, 0.3) is 10.2 Å². The van der Waals surface area contributed by atoms with Crippen LogP contribution in [-0.2, 0) is 4.79 Å². The molecule has 0 spiro atoms. The molecule has 5 nitrogen and oxygen atoms in total. The fourth-order valence-electron chi connectivity index (χ4n) is 1.94. The van der Waals surface area contributed by atoms with Crippen molar-refractivity contribution < 1.29 is 9.53 Å². The largest absolute Gasteiger partial charge is 0.484 e. The van der Waals surface area contributed by atoms with Gasteiger partial charge in [0, 0.05) is 0 Å². The van der Waals surface area contributed by atoms with Crippen LogP contribution in [0.3, 0.4) is 0 Å². The number of rotatable bonds is 5. The number of para-hydroxylation sites is 1. The summed E-state index contributed by atoms with van der Waals surface area (Å²) >= 11 is 1.48. The van der Waals surface area contributed by atoms with E-state index in [2.05, 4.69) is 15.8 Å². The van der Waals surface area contributed by atoms with Crippen molar-refractivity contribution in [1.82, 2.24) is 10.4 Å². The van der Waals surface area contributed by atoms with Gasteiger partial charge in [-0.25, -0.2) is 4.98 Å². The van der Waals surface area contributed by atoms with Crippen LogP contribution in [0.1, 0.15) is 5.56 Å². The van der Waals surface area contributed by atoms with Crippen LogP contribution in [0.15, 0.2) is 48.5 Å². The third-order valence-electron chi connectivity index (χ3n) is 2.96. The van der Waals surface area contributed by atoms with Gasteiger partial charge in [0.25, 0.3) is 5.91 Å². The first-order valence-corrected chi connectivity index (χ1v) is 7.62. The summed E-state index contributed by atoms with van der Waals surface area (Å²) in [6, 6.07) is 15.4. The molecular weight excluding hydrogens is 298 g/mol. The zero-order valence-corrected chi connectivity index (χ0v) is 12.8. The second kappa shape index (κ2) is 6.44. The van der Waals surface area contributed by atoms with Gasteiger partial charge in [0.15, 0.2) is 6.61 Å². The van der Waals surface area contributed by atoms with Crippen molar-refractivity contribution in [2.45, 2.75) is 6.92 Å². The Morgan fingerprint density at radius 2 is 2.09 bits per heavy atom. The fourth-order valence-corrected chi connectivity index (χ4v) is 2.76. The third-order valence-corrected chi connectivity index (χ3v) is 3.91. The predicted octanol–water partition coefficient (Wildman–Crippen LogP) is 3.13. The van der Waals surface area contributed by atoms with Crippen molar-refractivity contribution in [3.63, 3.8) is 0 Å². The number of hydrazine groups is 1. The number of amides is 1. The van der Waals surface area contributed by atoms with Crippen LogP contribution < -0.4 is 15.6 Å². The van der Waals surface area contributed by atoms with Crippen LogP contribution in [0.2, 0.25) is 0 Å². The number of hydrogen-bond donors (Lipinski definition) is 2. The normalized spacial score (nSPS) is 10.4. The number of nitrogens with one attached hydrogen (secondary N) is 2. The molecule has 0 aliphatic heterocycles. The van der Waals surface area contributed by atoms with E-state index in [1.54, 1.807) is 0 Å². The lowest BCUT2D eigenvalue weighted by Crippen LogP contribution is -2.33. The molecule has 0 saturated carbocycles. The molecule has 1 aromatic heterocycles. The third kappa shape index (κ3) is 3.53. The van der Waals surface area contributed by atoms with E-state index in [1.165, 1.54) is 11.3 Å². The quantitative estimate of drug-likeness (QED) is 0.710.